The van der Waals surface area contributed by atoms with Crippen molar-refractivity contribution in [2.45, 2.75) is 19.0 Å². The number of nitrogen functional groups attached to an aromatic ring is 1. The van der Waals surface area contributed by atoms with Gasteiger partial charge in [0.25, 0.3) is 0 Å². The molecule has 0 aliphatic carbocycles. The van der Waals surface area contributed by atoms with Crippen LogP contribution in [0, 0.1) is 2.88 Å². The Balaban J connectivity index is 2.70. The van der Waals surface area contributed by atoms with Crippen molar-refractivity contribution in [3.63, 3.8) is 0 Å². The zero-order valence-electron chi connectivity index (χ0n) is 8.81. The predicted octanol–water partition coefficient (Wildman–Crippen LogP) is 4.75. The van der Waals surface area contributed by atoms with Gasteiger partial charge in [0.15, 0.2) is 0 Å². The lowest BCUT2D eigenvalue weighted by atomic mass is 10.00. The van der Waals surface area contributed by atoms with E-state index in [2.05, 4.69) is 0 Å². The number of alkyl halides is 3. The summed E-state index contributed by atoms with van der Waals surface area (Å²) in [4.78, 5) is 0. The highest BCUT2D eigenvalue weighted by molar-refractivity contribution is 14.1. The van der Waals surface area contributed by atoms with Crippen molar-refractivity contribution >= 4 is 49.7 Å². The molecular weight excluding hydrogens is 362 g/mol. The lowest BCUT2D eigenvalue weighted by Crippen LogP contribution is -2.18. The number of anilines is 1. The predicted molar refractivity (Wildman–Crippen MR) is 73.4 cm³/mol. The molecule has 1 heterocycles. The van der Waals surface area contributed by atoms with E-state index in [1.165, 1.54) is 18.3 Å². The first kappa shape index (κ1) is 12.9. The second-order valence-corrected chi connectivity index (χ2v) is 6.61. The second-order valence-electron chi connectivity index (χ2n) is 3.78. The number of halogens is 4. The average molecular weight is 371 g/mol. The molecule has 0 spiro atoms. The maximum Gasteiger partial charge on any atom is 0.395 e. The van der Waals surface area contributed by atoms with E-state index in [1.54, 1.807) is 18.2 Å². The molecule has 0 aliphatic rings. The molecule has 0 bridgehead atoms. The van der Waals surface area contributed by atoms with Gasteiger partial charge in [-0.2, -0.15) is 13.2 Å². The van der Waals surface area contributed by atoms with E-state index in [-0.39, 0.29) is 0 Å². The third-order valence-electron chi connectivity index (χ3n) is 2.66. The molecule has 1 unspecified atom stereocenters. The van der Waals surface area contributed by atoms with Crippen LogP contribution in [0.15, 0.2) is 18.2 Å². The van der Waals surface area contributed by atoms with Gasteiger partial charge < -0.3 is 5.73 Å². The highest BCUT2D eigenvalue weighted by atomic mass is 127. The zero-order chi connectivity index (χ0) is 12.8. The van der Waals surface area contributed by atoms with Gasteiger partial charge >= 0.3 is 6.18 Å². The number of hydrogen-bond donors (Lipinski definition) is 1. The fourth-order valence-corrected chi connectivity index (χ4v) is 4.17. The molecule has 2 rings (SSSR count). The van der Waals surface area contributed by atoms with Gasteiger partial charge in [-0.25, -0.2) is 0 Å². The Kier molecular flexibility index (Phi) is 3.28. The van der Waals surface area contributed by atoms with Crippen LogP contribution in [0.25, 0.3) is 10.1 Å². The van der Waals surface area contributed by atoms with Crippen molar-refractivity contribution in [2.24, 2.45) is 0 Å². The summed E-state index contributed by atoms with van der Waals surface area (Å²) in [6.45, 7) is 1.19. The van der Waals surface area contributed by atoms with Crippen molar-refractivity contribution in [3.05, 3.63) is 26.6 Å². The first-order valence-electron chi connectivity index (χ1n) is 4.85. The van der Waals surface area contributed by atoms with E-state index >= 15 is 0 Å². The minimum Gasteiger partial charge on any atom is -0.398 e. The van der Waals surface area contributed by atoms with E-state index < -0.39 is 12.1 Å². The fourth-order valence-electron chi connectivity index (χ4n) is 1.70. The maximum atomic E-state index is 12.8. The largest absolute Gasteiger partial charge is 0.398 e. The molecule has 2 aromatic rings. The Morgan fingerprint density at radius 2 is 2.00 bits per heavy atom. The van der Waals surface area contributed by atoms with Gasteiger partial charge in [0.2, 0.25) is 0 Å². The molecule has 0 aliphatic heterocycles. The number of nitrogens with two attached hydrogens (primary N) is 1. The topological polar surface area (TPSA) is 26.0 Å². The summed E-state index contributed by atoms with van der Waals surface area (Å²) in [5.41, 5.74) is 6.65. The third-order valence-corrected chi connectivity index (χ3v) is 4.96. The third kappa shape index (κ3) is 2.24. The fraction of sp³-hybridized carbons (Fsp3) is 0.273. The van der Waals surface area contributed by atoms with Crippen molar-refractivity contribution < 1.29 is 13.2 Å². The van der Waals surface area contributed by atoms with Crippen LogP contribution in [0.5, 0.6) is 0 Å². The summed E-state index contributed by atoms with van der Waals surface area (Å²) in [7, 11) is 0. The monoisotopic (exact) mass is 371 g/mol. The molecule has 1 atom stereocenters. The molecule has 6 heteroatoms. The number of thiophene rings is 1. The van der Waals surface area contributed by atoms with Crippen LogP contribution < -0.4 is 5.73 Å². The molecule has 0 radical (unpaired) electrons. The van der Waals surface area contributed by atoms with Crippen molar-refractivity contribution in [2.75, 3.05) is 5.73 Å². The normalized spacial score (nSPS) is 14.2. The Hall–Kier alpha value is -0.500. The van der Waals surface area contributed by atoms with Crippen LogP contribution in [-0.4, -0.2) is 6.18 Å². The highest BCUT2D eigenvalue weighted by Gasteiger charge is 2.39. The van der Waals surface area contributed by atoms with Crippen LogP contribution in [0.2, 0.25) is 0 Å². The van der Waals surface area contributed by atoms with E-state index in [0.29, 0.717) is 19.5 Å². The quantitative estimate of drug-likeness (QED) is 0.568. The molecule has 0 saturated carbocycles. The van der Waals surface area contributed by atoms with Gasteiger partial charge in [0, 0.05) is 5.69 Å². The summed E-state index contributed by atoms with van der Waals surface area (Å²) in [5, 5.41) is 0.615. The smallest absolute Gasteiger partial charge is 0.395 e. The molecule has 0 fully saturated rings. The number of fused-ring (bicyclic) bond motifs is 1. The minimum absolute atomic E-state index is 0.338. The summed E-state index contributed by atoms with van der Waals surface area (Å²) >= 11 is 3.26. The Bertz CT molecular complexity index is 562. The first-order chi connectivity index (χ1) is 7.82. The number of benzene rings is 1. The van der Waals surface area contributed by atoms with Crippen LogP contribution in [-0.2, 0) is 0 Å². The summed E-state index contributed by atoms with van der Waals surface area (Å²) in [5.74, 6) is -1.47. The molecule has 1 aromatic heterocycles. The first-order valence-corrected chi connectivity index (χ1v) is 6.75. The molecule has 0 saturated heterocycles. The van der Waals surface area contributed by atoms with Gasteiger partial charge in [-0.1, -0.05) is 12.1 Å². The molecule has 17 heavy (non-hydrogen) atoms. The van der Waals surface area contributed by atoms with E-state index in [4.69, 9.17) is 5.73 Å². The van der Waals surface area contributed by atoms with Crippen molar-refractivity contribution in [1.29, 1.82) is 0 Å². The Labute approximate surface area is 114 Å². The second kappa shape index (κ2) is 4.31. The molecule has 1 nitrogen and oxygen atoms in total. The van der Waals surface area contributed by atoms with E-state index in [1.807, 2.05) is 22.6 Å². The lowest BCUT2D eigenvalue weighted by molar-refractivity contribution is -0.146. The summed E-state index contributed by atoms with van der Waals surface area (Å²) < 4.78 is 39.8. The van der Waals surface area contributed by atoms with E-state index in [9.17, 15) is 13.2 Å². The summed E-state index contributed by atoms with van der Waals surface area (Å²) in [6, 6.07) is 5.09. The van der Waals surface area contributed by atoms with Gasteiger partial charge in [0.1, 0.15) is 0 Å². The molecule has 0 amide bonds. The van der Waals surface area contributed by atoms with Crippen LogP contribution in [0.4, 0.5) is 18.9 Å². The van der Waals surface area contributed by atoms with Crippen molar-refractivity contribution in [3.8, 4) is 0 Å². The molecular formula is C11H9F3INS. The van der Waals surface area contributed by atoms with E-state index in [0.717, 1.165) is 4.70 Å². The lowest BCUT2D eigenvalue weighted by Gasteiger charge is -2.15. The van der Waals surface area contributed by atoms with Crippen LogP contribution in [0.1, 0.15) is 18.4 Å². The highest BCUT2D eigenvalue weighted by Crippen LogP contribution is 2.44. The summed E-state index contributed by atoms with van der Waals surface area (Å²) in [6.07, 6.45) is -4.22. The standard InChI is InChI=1S/C11H9F3INS/c1-5(11(12,13)14)8-6-3-2-4-7(16)9(6)17-10(8)15/h2-5H,16H2,1H3. The zero-order valence-corrected chi connectivity index (χ0v) is 11.8. The maximum absolute atomic E-state index is 12.8. The molecule has 2 N–H and O–H groups in total. The van der Waals surface area contributed by atoms with Gasteiger partial charge in [-0.15, -0.1) is 11.3 Å². The molecule has 92 valence electrons. The molecule has 1 aromatic carbocycles. The van der Waals surface area contributed by atoms with Crippen LogP contribution in [0.3, 0.4) is 0 Å². The SMILES string of the molecule is CC(c1c(I)sc2c(N)cccc12)C(F)(F)F. The van der Waals surface area contributed by atoms with Gasteiger partial charge in [-0.3, -0.25) is 0 Å². The average Bonchev–Trinajstić information content (AvgIpc) is 2.54. The Morgan fingerprint density at radius 3 is 2.59 bits per heavy atom. The van der Waals surface area contributed by atoms with Gasteiger partial charge in [-0.05, 0) is 46.5 Å². The van der Waals surface area contributed by atoms with Gasteiger partial charge in [0.05, 0.1) is 13.5 Å². The Morgan fingerprint density at radius 1 is 1.35 bits per heavy atom. The minimum atomic E-state index is -4.22. The van der Waals surface area contributed by atoms with Crippen LogP contribution >= 0.6 is 33.9 Å². The number of hydrogen-bond acceptors (Lipinski definition) is 2. The number of rotatable bonds is 1. The van der Waals surface area contributed by atoms with Crippen molar-refractivity contribution in [1.82, 2.24) is 0 Å².